The largest absolute Gasteiger partial charge is 0.444 e. The van der Waals surface area contributed by atoms with Crippen LogP contribution in [-0.4, -0.2) is 34.8 Å². The summed E-state index contributed by atoms with van der Waals surface area (Å²) in [5.41, 5.74) is 0.415. The second kappa shape index (κ2) is 8.75. The highest BCUT2D eigenvalue weighted by Crippen LogP contribution is 2.28. The minimum atomic E-state index is -0.599. The molecule has 142 valence electrons. The van der Waals surface area contributed by atoms with Gasteiger partial charge < -0.3 is 4.74 Å². The molecule has 0 radical (unpaired) electrons. The number of Topliss-reactive ketones (excluding diaryl/α,β-unsaturated/α-hetero) is 1. The first-order valence-electron chi connectivity index (χ1n) is 9.19. The highest BCUT2D eigenvalue weighted by Gasteiger charge is 2.43. The third kappa shape index (κ3) is 4.70. The fourth-order valence-corrected chi connectivity index (χ4v) is 3.39. The van der Waals surface area contributed by atoms with Crippen LogP contribution >= 0.6 is 0 Å². The summed E-state index contributed by atoms with van der Waals surface area (Å²) in [6.45, 7) is 0. The fraction of sp³-hybridized carbons (Fsp3) is 0.381. The smallest absolute Gasteiger partial charge is 0.417 e. The Morgan fingerprint density at radius 3 is 2.63 bits per heavy atom. The van der Waals surface area contributed by atoms with Crippen molar-refractivity contribution in [3.05, 3.63) is 60.0 Å². The molecule has 2 unspecified atom stereocenters. The highest BCUT2D eigenvalue weighted by molar-refractivity contribution is 5.97. The molecule has 2 atom stereocenters. The van der Waals surface area contributed by atoms with E-state index in [1.165, 1.54) is 29.2 Å². The molecule has 0 N–H and O–H groups in total. The quantitative estimate of drug-likeness (QED) is 0.728. The zero-order valence-electron chi connectivity index (χ0n) is 15.0. The van der Waals surface area contributed by atoms with E-state index in [-0.39, 0.29) is 36.7 Å². The van der Waals surface area contributed by atoms with E-state index in [0.29, 0.717) is 24.8 Å². The molecule has 6 heteroatoms. The van der Waals surface area contributed by atoms with Gasteiger partial charge in [-0.15, -0.1) is 0 Å². The topological polar surface area (TPSA) is 63.7 Å². The summed E-state index contributed by atoms with van der Waals surface area (Å²) in [5.74, 6) is -0.871. The summed E-state index contributed by atoms with van der Waals surface area (Å²) in [6.07, 6.45) is 9.52. The van der Waals surface area contributed by atoms with Gasteiger partial charge in [-0.05, 0) is 49.9 Å². The molecule has 3 rings (SSSR count). The number of hydrogen-bond donors (Lipinski definition) is 0. The first kappa shape index (κ1) is 19.0. The number of amides is 2. The van der Waals surface area contributed by atoms with E-state index in [9.17, 15) is 18.8 Å². The number of ketones is 1. The molecule has 5 nitrogen and oxygen atoms in total. The van der Waals surface area contributed by atoms with Gasteiger partial charge in [-0.3, -0.25) is 9.59 Å². The molecule has 1 aromatic rings. The maximum absolute atomic E-state index is 12.9. The maximum Gasteiger partial charge on any atom is 0.417 e. The average molecular weight is 371 g/mol. The molecule has 0 spiro atoms. The van der Waals surface area contributed by atoms with Crippen LogP contribution in [0.4, 0.5) is 9.18 Å². The Balaban J connectivity index is 1.55. The van der Waals surface area contributed by atoms with Crippen LogP contribution in [0.1, 0.15) is 48.9 Å². The van der Waals surface area contributed by atoms with Gasteiger partial charge in [0.05, 0.1) is 6.04 Å². The molecule has 0 saturated carbocycles. The third-order valence-corrected chi connectivity index (χ3v) is 4.82. The van der Waals surface area contributed by atoms with Crippen molar-refractivity contribution in [2.45, 2.75) is 50.7 Å². The van der Waals surface area contributed by atoms with Gasteiger partial charge in [-0.25, -0.2) is 14.1 Å². The highest BCUT2D eigenvalue weighted by atomic mass is 19.1. The van der Waals surface area contributed by atoms with E-state index in [0.717, 1.165) is 6.42 Å². The lowest BCUT2D eigenvalue weighted by Gasteiger charge is -2.21. The van der Waals surface area contributed by atoms with Gasteiger partial charge >= 0.3 is 6.09 Å². The van der Waals surface area contributed by atoms with Crippen molar-refractivity contribution in [2.24, 2.45) is 0 Å². The predicted octanol–water partition coefficient (Wildman–Crippen LogP) is 4.19. The molecule has 1 aliphatic carbocycles. The number of carbonyl (C=O) groups excluding carboxylic acids is 3. The van der Waals surface area contributed by atoms with Crippen LogP contribution in [0.2, 0.25) is 0 Å². The molecular formula is C21H22FNO4. The molecule has 0 aromatic heterocycles. The lowest BCUT2D eigenvalue weighted by Crippen LogP contribution is -2.40. The minimum absolute atomic E-state index is 0.0905. The summed E-state index contributed by atoms with van der Waals surface area (Å²) < 4.78 is 18.3. The molecule has 2 amide bonds. The van der Waals surface area contributed by atoms with Gasteiger partial charge in [-0.2, -0.15) is 0 Å². The lowest BCUT2D eigenvalue weighted by molar-refractivity contribution is -0.129. The standard InChI is InChI=1S/C21H22FNO4/c22-16-13-11-15(12-14-16)18(24)8-6-10-20(25)23-17-7-4-2-1-3-5-9-19(17)27-21(23)26/h1-4,11-14,17,19H,5-10H2. The van der Waals surface area contributed by atoms with E-state index in [2.05, 4.69) is 0 Å². The van der Waals surface area contributed by atoms with Crippen molar-refractivity contribution in [2.75, 3.05) is 0 Å². The van der Waals surface area contributed by atoms with Gasteiger partial charge in [0, 0.05) is 18.4 Å². The second-order valence-electron chi connectivity index (χ2n) is 6.71. The van der Waals surface area contributed by atoms with Gasteiger partial charge in [0.1, 0.15) is 11.9 Å². The van der Waals surface area contributed by atoms with Crippen molar-refractivity contribution < 1.29 is 23.5 Å². The Hall–Kier alpha value is -2.76. The lowest BCUT2D eigenvalue weighted by atomic mass is 10.0. The molecule has 1 aromatic carbocycles. The van der Waals surface area contributed by atoms with Crippen LogP contribution < -0.4 is 0 Å². The summed E-state index contributed by atoms with van der Waals surface area (Å²) in [6, 6.07) is 5.03. The number of ether oxygens (including phenoxy) is 1. The Labute approximate surface area is 157 Å². The monoisotopic (exact) mass is 371 g/mol. The van der Waals surface area contributed by atoms with Gasteiger partial charge in [0.2, 0.25) is 5.91 Å². The molecule has 1 saturated heterocycles. The summed E-state index contributed by atoms with van der Waals surface area (Å²) in [7, 11) is 0. The molecule has 1 aliphatic heterocycles. The normalized spacial score (nSPS) is 21.8. The number of halogens is 1. The van der Waals surface area contributed by atoms with Crippen LogP contribution in [0.25, 0.3) is 0 Å². The van der Waals surface area contributed by atoms with E-state index in [1.54, 1.807) is 0 Å². The van der Waals surface area contributed by atoms with Crippen molar-refractivity contribution in [1.29, 1.82) is 0 Å². The first-order chi connectivity index (χ1) is 13.1. The second-order valence-corrected chi connectivity index (χ2v) is 6.71. The number of hydrogen-bond acceptors (Lipinski definition) is 4. The van der Waals surface area contributed by atoms with Crippen molar-refractivity contribution in [3.63, 3.8) is 0 Å². The third-order valence-electron chi connectivity index (χ3n) is 4.82. The number of imide groups is 1. The zero-order chi connectivity index (χ0) is 19.2. The van der Waals surface area contributed by atoms with Gasteiger partial charge in [0.25, 0.3) is 0 Å². The first-order valence-corrected chi connectivity index (χ1v) is 9.19. The maximum atomic E-state index is 12.9. The number of benzene rings is 1. The molecule has 1 fully saturated rings. The Morgan fingerprint density at radius 2 is 1.85 bits per heavy atom. The van der Waals surface area contributed by atoms with Gasteiger partial charge in [-0.1, -0.05) is 24.3 Å². The van der Waals surface area contributed by atoms with E-state index >= 15 is 0 Å². The Morgan fingerprint density at radius 1 is 1.11 bits per heavy atom. The summed E-state index contributed by atoms with van der Waals surface area (Å²) in [5, 5.41) is 0. The van der Waals surface area contributed by atoms with Crippen LogP contribution in [0.3, 0.4) is 0 Å². The number of carbonyl (C=O) groups is 3. The SMILES string of the molecule is O=C(CCCC(=O)N1C(=O)OC2CCC=CC=CCC21)c1ccc(F)cc1. The van der Waals surface area contributed by atoms with E-state index < -0.39 is 11.9 Å². The summed E-state index contributed by atoms with van der Waals surface area (Å²) in [4.78, 5) is 38.1. The fourth-order valence-electron chi connectivity index (χ4n) is 3.39. The van der Waals surface area contributed by atoms with Crippen molar-refractivity contribution in [1.82, 2.24) is 4.90 Å². The van der Waals surface area contributed by atoms with Crippen LogP contribution in [0.5, 0.6) is 0 Å². The van der Waals surface area contributed by atoms with Crippen molar-refractivity contribution >= 4 is 17.8 Å². The van der Waals surface area contributed by atoms with Crippen LogP contribution in [-0.2, 0) is 9.53 Å². The minimum Gasteiger partial charge on any atom is -0.444 e. The van der Waals surface area contributed by atoms with Crippen LogP contribution in [0.15, 0.2) is 48.6 Å². The van der Waals surface area contributed by atoms with E-state index in [4.69, 9.17) is 4.74 Å². The van der Waals surface area contributed by atoms with Gasteiger partial charge in [0.15, 0.2) is 5.78 Å². The Bertz CT molecular complexity index is 769. The van der Waals surface area contributed by atoms with E-state index in [1.807, 2.05) is 24.3 Å². The zero-order valence-corrected chi connectivity index (χ0v) is 15.0. The number of rotatable bonds is 5. The molecule has 27 heavy (non-hydrogen) atoms. The van der Waals surface area contributed by atoms with Crippen LogP contribution in [0, 0.1) is 5.82 Å². The predicted molar refractivity (Wildman–Crippen MR) is 97.6 cm³/mol. The molecular weight excluding hydrogens is 349 g/mol. The van der Waals surface area contributed by atoms with Crippen molar-refractivity contribution in [3.8, 4) is 0 Å². The number of fused-ring (bicyclic) bond motifs is 1. The number of nitrogens with zero attached hydrogens (tertiary/aromatic N) is 1. The Kier molecular flexibility index (Phi) is 6.16. The number of allylic oxidation sites excluding steroid dienone is 3. The molecule has 0 bridgehead atoms. The molecule has 1 heterocycles. The summed E-state index contributed by atoms with van der Waals surface area (Å²) >= 11 is 0. The molecule has 2 aliphatic rings. The average Bonchev–Trinajstić information content (AvgIpc) is 3.00.